The third-order valence-electron chi connectivity index (χ3n) is 4.83. The molecule has 9 heteroatoms. The molecule has 2 aromatic carbocycles. The van der Waals surface area contributed by atoms with E-state index in [2.05, 4.69) is 10.3 Å². The molecule has 0 bridgehead atoms. The molecule has 154 valence electrons. The van der Waals surface area contributed by atoms with Gasteiger partial charge in [-0.1, -0.05) is 11.6 Å². The van der Waals surface area contributed by atoms with Crippen molar-refractivity contribution >= 4 is 46.1 Å². The van der Waals surface area contributed by atoms with Gasteiger partial charge >= 0.3 is 0 Å². The molecule has 0 saturated carbocycles. The van der Waals surface area contributed by atoms with Crippen molar-refractivity contribution in [3.05, 3.63) is 56.9 Å². The molecule has 2 amide bonds. The summed E-state index contributed by atoms with van der Waals surface area (Å²) in [5.41, 5.74) is 8.96. The van der Waals surface area contributed by atoms with Crippen molar-refractivity contribution in [3.63, 3.8) is 0 Å². The Hall–Kier alpha value is -3.10. The number of thiazole rings is 1. The number of nitrogens with one attached hydrogen (secondary N) is 1. The highest BCUT2D eigenvalue weighted by molar-refractivity contribution is 7.14. The first-order valence-corrected chi connectivity index (χ1v) is 10.4. The standard InChI is InChI=1S/C21H19ClN4O3S/c1-24-19(27)11-3-6-15(14(22)9-11)26(2)21(28)20-25-18-13-5-4-12(23)10-16(13)29-8-7-17(18)30-20/h3-6,9-10H,7-8,23H2,1-2H3,(H,24,27). The summed E-state index contributed by atoms with van der Waals surface area (Å²) in [7, 11) is 3.18. The van der Waals surface area contributed by atoms with E-state index in [1.54, 1.807) is 38.4 Å². The van der Waals surface area contributed by atoms with Gasteiger partial charge in [0, 0.05) is 48.3 Å². The Morgan fingerprint density at radius 1 is 1.27 bits per heavy atom. The molecule has 1 aromatic heterocycles. The summed E-state index contributed by atoms with van der Waals surface area (Å²) in [5.74, 6) is 0.141. The van der Waals surface area contributed by atoms with Crippen LogP contribution in [-0.2, 0) is 6.42 Å². The number of nitrogens with zero attached hydrogens (tertiary/aromatic N) is 2. The summed E-state index contributed by atoms with van der Waals surface area (Å²) in [6, 6.07) is 10.2. The van der Waals surface area contributed by atoms with Crippen LogP contribution in [0.15, 0.2) is 36.4 Å². The fourth-order valence-electron chi connectivity index (χ4n) is 3.25. The maximum atomic E-state index is 13.1. The molecule has 1 aliphatic heterocycles. The molecular formula is C21H19ClN4O3S. The number of hydrogen-bond acceptors (Lipinski definition) is 6. The minimum atomic E-state index is -0.277. The Morgan fingerprint density at radius 2 is 2.07 bits per heavy atom. The van der Waals surface area contributed by atoms with Crippen molar-refractivity contribution in [2.45, 2.75) is 6.42 Å². The van der Waals surface area contributed by atoms with E-state index in [-0.39, 0.29) is 11.8 Å². The average Bonchev–Trinajstić information content (AvgIpc) is 3.08. The fraction of sp³-hybridized carbons (Fsp3) is 0.190. The zero-order chi connectivity index (χ0) is 21.4. The van der Waals surface area contributed by atoms with Crippen LogP contribution in [0.25, 0.3) is 11.3 Å². The molecule has 2 heterocycles. The number of benzene rings is 2. The molecule has 0 aliphatic carbocycles. The van der Waals surface area contributed by atoms with Crippen LogP contribution >= 0.6 is 22.9 Å². The van der Waals surface area contributed by atoms with Gasteiger partial charge in [-0.25, -0.2) is 4.98 Å². The van der Waals surface area contributed by atoms with Crippen molar-refractivity contribution < 1.29 is 14.3 Å². The Kier molecular flexibility index (Phi) is 5.36. The van der Waals surface area contributed by atoms with E-state index < -0.39 is 0 Å². The number of halogens is 1. The molecule has 0 atom stereocenters. The SMILES string of the molecule is CNC(=O)c1ccc(N(C)C(=O)c2nc3c(s2)CCOc2cc(N)ccc2-3)c(Cl)c1. The van der Waals surface area contributed by atoms with Crippen molar-refractivity contribution in [1.29, 1.82) is 0 Å². The number of rotatable bonds is 3. The van der Waals surface area contributed by atoms with E-state index in [4.69, 9.17) is 22.1 Å². The Bertz CT molecular complexity index is 1160. The van der Waals surface area contributed by atoms with E-state index in [0.29, 0.717) is 45.7 Å². The van der Waals surface area contributed by atoms with Crippen molar-refractivity contribution in [3.8, 4) is 17.0 Å². The third kappa shape index (κ3) is 3.59. The molecule has 0 radical (unpaired) electrons. The van der Waals surface area contributed by atoms with E-state index in [1.165, 1.54) is 22.3 Å². The maximum absolute atomic E-state index is 13.1. The van der Waals surface area contributed by atoms with Gasteiger partial charge in [-0.05, 0) is 30.3 Å². The number of aromatic nitrogens is 1. The van der Waals surface area contributed by atoms with Gasteiger partial charge in [-0.15, -0.1) is 11.3 Å². The number of nitrogens with two attached hydrogens (primary N) is 1. The number of nitrogen functional groups attached to an aromatic ring is 1. The minimum Gasteiger partial charge on any atom is -0.492 e. The lowest BCUT2D eigenvalue weighted by Crippen LogP contribution is -2.26. The molecule has 3 aromatic rings. The van der Waals surface area contributed by atoms with Crippen LogP contribution in [-0.4, -0.2) is 37.5 Å². The zero-order valence-corrected chi connectivity index (χ0v) is 17.9. The van der Waals surface area contributed by atoms with E-state index in [1.807, 2.05) is 6.07 Å². The van der Waals surface area contributed by atoms with Crippen LogP contribution in [0.4, 0.5) is 11.4 Å². The number of hydrogen-bond donors (Lipinski definition) is 2. The lowest BCUT2D eigenvalue weighted by molar-refractivity contribution is 0.0962. The summed E-state index contributed by atoms with van der Waals surface area (Å²) >= 11 is 7.69. The molecule has 4 rings (SSSR count). The number of carbonyl (C=O) groups excluding carboxylic acids is 2. The molecule has 7 nitrogen and oxygen atoms in total. The number of amides is 2. The van der Waals surface area contributed by atoms with E-state index >= 15 is 0 Å². The number of anilines is 2. The summed E-state index contributed by atoms with van der Waals surface area (Å²) in [4.78, 5) is 32.0. The van der Waals surface area contributed by atoms with Crippen LogP contribution in [0.5, 0.6) is 5.75 Å². The molecule has 3 N–H and O–H groups in total. The summed E-state index contributed by atoms with van der Waals surface area (Å²) < 4.78 is 5.78. The van der Waals surface area contributed by atoms with Crippen molar-refractivity contribution in [2.24, 2.45) is 0 Å². The Morgan fingerprint density at radius 3 is 2.80 bits per heavy atom. The molecule has 1 aliphatic rings. The molecular weight excluding hydrogens is 424 g/mol. The lowest BCUT2D eigenvalue weighted by Gasteiger charge is -2.18. The Labute approximate surface area is 182 Å². The first kappa shape index (κ1) is 20.2. The third-order valence-corrected chi connectivity index (χ3v) is 6.24. The fourth-order valence-corrected chi connectivity index (χ4v) is 4.59. The highest BCUT2D eigenvalue weighted by Gasteiger charge is 2.26. The quantitative estimate of drug-likeness (QED) is 0.604. The van der Waals surface area contributed by atoms with E-state index in [0.717, 1.165) is 16.1 Å². The topological polar surface area (TPSA) is 97.5 Å². The number of carbonyl (C=O) groups is 2. The minimum absolute atomic E-state index is 0.248. The van der Waals surface area contributed by atoms with Gasteiger partial charge in [0.1, 0.15) is 5.75 Å². The summed E-state index contributed by atoms with van der Waals surface area (Å²) in [6.07, 6.45) is 0.653. The van der Waals surface area contributed by atoms with Gasteiger partial charge in [0.25, 0.3) is 11.8 Å². The zero-order valence-electron chi connectivity index (χ0n) is 16.4. The van der Waals surface area contributed by atoms with Gasteiger partial charge in [-0.3, -0.25) is 9.59 Å². The van der Waals surface area contributed by atoms with Gasteiger partial charge in [-0.2, -0.15) is 0 Å². The van der Waals surface area contributed by atoms with Gasteiger partial charge in [0.05, 0.1) is 23.0 Å². The number of ether oxygens (including phenoxy) is 1. The van der Waals surface area contributed by atoms with Crippen molar-refractivity contribution in [1.82, 2.24) is 10.3 Å². The molecule has 0 saturated heterocycles. The van der Waals surface area contributed by atoms with Crippen LogP contribution in [0.3, 0.4) is 0 Å². The van der Waals surface area contributed by atoms with Crippen LogP contribution in [0.1, 0.15) is 25.0 Å². The predicted molar refractivity (Wildman–Crippen MR) is 119 cm³/mol. The van der Waals surface area contributed by atoms with Crippen molar-refractivity contribution in [2.75, 3.05) is 31.3 Å². The van der Waals surface area contributed by atoms with Gasteiger partial charge < -0.3 is 20.7 Å². The number of fused-ring (bicyclic) bond motifs is 3. The summed E-state index contributed by atoms with van der Waals surface area (Å²) in [5, 5.41) is 3.21. The van der Waals surface area contributed by atoms with E-state index in [9.17, 15) is 9.59 Å². The summed E-state index contributed by atoms with van der Waals surface area (Å²) in [6.45, 7) is 0.488. The van der Waals surface area contributed by atoms with Gasteiger partial charge in [0.15, 0.2) is 5.01 Å². The second-order valence-corrected chi connectivity index (χ2v) is 8.25. The second kappa shape index (κ2) is 7.97. The molecule has 0 unspecified atom stereocenters. The predicted octanol–water partition coefficient (Wildman–Crippen LogP) is 3.62. The highest BCUT2D eigenvalue weighted by atomic mass is 35.5. The average molecular weight is 443 g/mol. The maximum Gasteiger partial charge on any atom is 0.287 e. The monoisotopic (exact) mass is 442 g/mol. The first-order valence-electron chi connectivity index (χ1n) is 9.21. The van der Waals surface area contributed by atoms with Crippen LogP contribution < -0.4 is 20.7 Å². The molecule has 0 fully saturated rings. The smallest absolute Gasteiger partial charge is 0.287 e. The molecule has 30 heavy (non-hydrogen) atoms. The lowest BCUT2D eigenvalue weighted by atomic mass is 10.1. The second-order valence-electron chi connectivity index (χ2n) is 6.75. The molecule has 0 spiro atoms. The van der Waals surface area contributed by atoms with Crippen LogP contribution in [0, 0.1) is 0 Å². The highest BCUT2D eigenvalue weighted by Crippen LogP contribution is 2.39. The first-order chi connectivity index (χ1) is 14.4. The van der Waals surface area contributed by atoms with Gasteiger partial charge in [0.2, 0.25) is 0 Å². The van der Waals surface area contributed by atoms with Crippen LogP contribution in [0.2, 0.25) is 5.02 Å². The Balaban J connectivity index is 1.66. The largest absolute Gasteiger partial charge is 0.492 e. The normalized spacial score (nSPS) is 12.2.